The number of rotatable bonds is 4. The van der Waals surface area contributed by atoms with E-state index >= 15 is 0 Å². The summed E-state index contributed by atoms with van der Waals surface area (Å²) in [5.74, 6) is 0. The topological polar surface area (TPSA) is 46.6 Å². The third-order valence-electron chi connectivity index (χ3n) is 4.45. The molecule has 0 bridgehead atoms. The van der Waals surface area contributed by atoms with Gasteiger partial charge in [-0.05, 0) is 62.3 Å². The number of nitrogens with zero attached hydrogens (tertiary/aromatic N) is 1. The van der Waals surface area contributed by atoms with Crippen LogP contribution in [0.25, 0.3) is 0 Å². The number of aryl methyl sites for hydroxylation is 2. The summed E-state index contributed by atoms with van der Waals surface area (Å²) < 4.78 is 32.8. The van der Waals surface area contributed by atoms with E-state index in [0.29, 0.717) is 24.6 Å². The van der Waals surface area contributed by atoms with E-state index in [9.17, 15) is 8.42 Å². The average Bonchev–Trinajstić information content (AvgIpc) is 2.95. The van der Waals surface area contributed by atoms with Gasteiger partial charge in [0.05, 0.1) is 11.0 Å². The molecule has 21 heavy (non-hydrogen) atoms. The second-order valence-corrected chi connectivity index (χ2v) is 7.80. The van der Waals surface area contributed by atoms with E-state index in [1.807, 2.05) is 19.1 Å². The van der Waals surface area contributed by atoms with Gasteiger partial charge in [-0.1, -0.05) is 6.07 Å². The largest absolute Gasteiger partial charge is 0.377 e. The lowest BCUT2D eigenvalue weighted by Gasteiger charge is -2.31. The van der Waals surface area contributed by atoms with Crippen molar-refractivity contribution in [2.75, 3.05) is 19.7 Å². The minimum atomic E-state index is -3.38. The zero-order chi connectivity index (χ0) is 14.9. The fraction of sp³-hybridized carbons (Fsp3) is 0.625. The first kappa shape index (κ1) is 15.0. The molecule has 0 saturated carbocycles. The molecule has 0 aromatic heterocycles. The number of hydrogen-bond acceptors (Lipinski definition) is 3. The van der Waals surface area contributed by atoms with Gasteiger partial charge >= 0.3 is 0 Å². The fourth-order valence-corrected chi connectivity index (χ4v) is 4.91. The second-order valence-electron chi connectivity index (χ2n) is 5.87. The zero-order valence-corrected chi connectivity index (χ0v) is 13.4. The Labute approximate surface area is 127 Å². The Morgan fingerprint density at radius 2 is 2.05 bits per heavy atom. The molecule has 1 aliphatic carbocycles. The highest BCUT2D eigenvalue weighted by Crippen LogP contribution is 2.27. The molecule has 5 heteroatoms. The van der Waals surface area contributed by atoms with Gasteiger partial charge in [-0.25, -0.2) is 8.42 Å². The zero-order valence-electron chi connectivity index (χ0n) is 12.5. The third-order valence-corrected chi connectivity index (χ3v) is 6.31. The van der Waals surface area contributed by atoms with Gasteiger partial charge in [0, 0.05) is 19.7 Å². The lowest BCUT2D eigenvalue weighted by atomic mass is 10.1. The van der Waals surface area contributed by atoms with Crippen LogP contribution in [0.15, 0.2) is 23.1 Å². The molecule has 116 valence electrons. The summed E-state index contributed by atoms with van der Waals surface area (Å²) >= 11 is 0. The van der Waals surface area contributed by atoms with Crippen molar-refractivity contribution >= 4 is 10.0 Å². The number of fused-ring (bicyclic) bond motifs is 1. The van der Waals surface area contributed by atoms with E-state index in [1.54, 1.807) is 10.4 Å². The third kappa shape index (κ3) is 3.00. The molecule has 0 N–H and O–H groups in total. The summed E-state index contributed by atoms with van der Waals surface area (Å²) in [5.41, 5.74) is 2.51. The molecular formula is C16H23NO3S. The van der Waals surface area contributed by atoms with E-state index in [-0.39, 0.29) is 6.10 Å². The highest BCUT2D eigenvalue weighted by Gasteiger charge is 2.31. The van der Waals surface area contributed by atoms with E-state index in [2.05, 4.69) is 0 Å². The molecule has 1 heterocycles. The van der Waals surface area contributed by atoms with Crippen LogP contribution in [-0.2, 0) is 27.6 Å². The van der Waals surface area contributed by atoms with E-state index in [4.69, 9.17) is 4.74 Å². The van der Waals surface area contributed by atoms with Gasteiger partial charge in [0.15, 0.2) is 0 Å². The van der Waals surface area contributed by atoms with Crippen molar-refractivity contribution in [2.24, 2.45) is 0 Å². The Hall–Kier alpha value is -0.910. The molecule has 0 amide bonds. The van der Waals surface area contributed by atoms with Gasteiger partial charge in [0.2, 0.25) is 10.0 Å². The van der Waals surface area contributed by atoms with Gasteiger partial charge in [-0.2, -0.15) is 4.31 Å². The fourth-order valence-electron chi connectivity index (χ4n) is 3.35. The summed E-state index contributed by atoms with van der Waals surface area (Å²) in [4.78, 5) is 0.445. The minimum absolute atomic E-state index is 0.0351. The molecule has 2 aliphatic rings. The SMILES string of the molecule is CCO[C@@H]1CCCN(S(=O)(=O)c2ccc3c(c2)CCC3)C1. The maximum Gasteiger partial charge on any atom is 0.243 e. The van der Waals surface area contributed by atoms with Crippen LogP contribution in [0.4, 0.5) is 0 Å². The molecule has 1 saturated heterocycles. The average molecular weight is 309 g/mol. The predicted octanol–water partition coefficient (Wildman–Crippen LogP) is 2.36. The van der Waals surface area contributed by atoms with Gasteiger partial charge in [0.25, 0.3) is 0 Å². The van der Waals surface area contributed by atoms with Crippen molar-refractivity contribution in [2.45, 2.75) is 50.0 Å². The van der Waals surface area contributed by atoms with Crippen molar-refractivity contribution < 1.29 is 13.2 Å². The predicted molar refractivity (Wildman–Crippen MR) is 81.9 cm³/mol. The Balaban J connectivity index is 1.83. The van der Waals surface area contributed by atoms with Crippen molar-refractivity contribution in [3.8, 4) is 0 Å². The number of hydrogen-bond donors (Lipinski definition) is 0. The monoisotopic (exact) mass is 309 g/mol. The molecule has 0 radical (unpaired) electrons. The van der Waals surface area contributed by atoms with Crippen LogP contribution in [0, 0.1) is 0 Å². The first-order valence-electron chi connectivity index (χ1n) is 7.85. The number of sulfonamides is 1. The van der Waals surface area contributed by atoms with Crippen LogP contribution in [-0.4, -0.2) is 38.5 Å². The lowest BCUT2D eigenvalue weighted by molar-refractivity contribution is 0.0265. The first-order valence-corrected chi connectivity index (χ1v) is 9.29. The van der Waals surface area contributed by atoms with Crippen LogP contribution >= 0.6 is 0 Å². The van der Waals surface area contributed by atoms with Gasteiger partial charge in [-0.15, -0.1) is 0 Å². The highest BCUT2D eigenvalue weighted by molar-refractivity contribution is 7.89. The van der Waals surface area contributed by atoms with Crippen molar-refractivity contribution in [3.63, 3.8) is 0 Å². The number of benzene rings is 1. The van der Waals surface area contributed by atoms with Crippen LogP contribution in [0.2, 0.25) is 0 Å². The quantitative estimate of drug-likeness (QED) is 0.858. The van der Waals surface area contributed by atoms with Crippen LogP contribution in [0.1, 0.15) is 37.3 Å². The van der Waals surface area contributed by atoms with Crippen LogP contribution in [0.3, 0.4) is 0 Å². The number of piperidine rings is 1. The summed E-state index contributed by atoms with van der Waals surface area (Å²) in [6.07, 6.45) is 5.06. The molecule has 0 spiro atoms. The summed E-state index contributed by atoms with van der Waals surface area (Å²) in [6.45, 7) is 3.67. The Morgan fingerprint density at radius 3 is 2.86 bits per heavy atom. The number of ether oxygens (including phenoxy) is 1. The maximum atomic E-state index is 12.8. The van der Waals surface area contributed by atoms with Crippen LogP contribution in [0.5, 0.6) is 0 Å². The van der Waals surface area contributed by atoms with E-state index in [1.165, 1.54) is 11.1 Å². The molecule has 1 aromatic carbocycles. The Morgan fingerprint density at radius 1 is 1.24 bits per heavy atom. The van der Waals surface area contributed by atoms with Gasteiger partial charge in [-0.3, -0.25) is 0 Å². The molecule has 4 nitrogen and oxygen atoms in total. The van der Waals surface area contributed by atoms with Crippen molar-refractivity contribution in [1.29, 1.82) is 0 Å². The first-order chi connectivity index (χ1) is 10.1. The molecule has 1 aromatic rings. The van der Waals surface area contributed by atoms with Crippen molar-refractivity contribution in [3.05, 3.63) is 29.3 Å². The molecule has 0 unspecified atom stereocenters. The summed E-state index contributed by atoms with van der Waals surface area (Å²) in [6, 6.07) is 5.63. The van der Waals surface area contributed by atoms with Crippen molar-refractivity contribution in [1.82, 2.24) is 4.31 Å². The smallest absolute Gasteiger partial charge is 0.243 e. The molecular weight excluding hydrogens is 286 g/mol. The van der Waals surface area contributed by atoms with Gasteiger partial charge < -0.3 is 4.74 Å². The minimum Gasteiger partial charge on any atom is -0.377 e. The second kappa shape index (κ2) is 6.07. The Bertz CT molecular complexity index is 610. The summed E-state index contributed by atoms with van der Waals surface area (Å²) in [5, 5.41) is 0. The highest BCUT2D eigenvalue weighted by atomic mass is 32.2. The maximum absolute atomic E-state index is 12.8. The lowest BCUT2D eigenvalue weighted by Crippen LogP contribution is -2.43. The summed E-state index contributed by atoms with van der Waals surface area (Å²) in [7, 11) is -3.38. The molecule has 1 fully saturated rings. The molecule has 3 rings (SSSR count). The normalized spacial score (nSPS) is 23.2. The van der Waals surface area contributed by atoms with E-state index in [0.717, 1.165) is 32.1 Å². The van der Waals surface area contributed by atoms with E-state index < -0.39 is 10.0 Å². The standard InChI is InChI=1S/C16H23NO3S/c1-2-20-15-7-4-10-17(12-15)21(18,19)16-9-8-13-5-3-6-14(13)11-16/h8-9,11,15H,2-7,10,12H2,1H3/t15-/m1/s1. The van der Waals surface area contributed by atoms with Gasteiger partial charge in [0.1, 0.15) is 0 Å². The molecule has 1 atom stereocenters. The van der Waals surface area contributed by atoms with Crippen LogP contribution < -0.4 is 0 Å². The molecule has 1 aliphatic heterocycles. The Kier molecular flexibility index (Phi) is 4.33.